The summed E-state index contributed by atoms with van der Waals surface area (Å²) in [6, 6.07) is 0.327. The van der Waals surface area contributed by atoms with Gasteiger partial charge in [-0.2, -0.15) is 0 Å². The zero-order chi connectivity index (χ0) is 14.4. The van der Waals surface area contributed by atoms with Gasteiger partial charge in [0.1, 0.15) is 5.82 Å². The number of aromatic amines is 1. The molecule has 1 aliphatic rings. The molecule has 0 radical (unpaired) electrons. The van der Waals surface area contributed by atoms with Crippen LogP contribution in [-0.2, 0) is 11.2 Å². The van der Waals surface area contributed by atoms with Crippen molar-refractivity contribution < 1.29 is 9.53 Å². The number of amides is 1. The van der Waals surface area contributed by atoms with Crippen molar-refractivity contribution in [1.29, 1.82) is 0 Å². The molecule has 0 bridgehead atoms. The smallest absolute Gasteiger partial charge is 0.291 e. The highest BCUT2D eigenvalue weighted by atomic mass is 16.5. The molecule has 0 spiro atoms. The summed E-state index contributed by atoms with van der Waals surface area (Å²) in [5.74, 6) is 0.630. The van der Waals surface area contributed by atoms with Crippen LogP contribution in [0, 0.1) is 0 Å². The molecular weight excluding hydrogens is 258 g/mol. The molecule has 20 heavy (non-hydrogen) atoms. The summed E-state index contributed by atoms with van der Waals surface area (Å²) in [7, 11) is 0. The number of nitrogens with zero attached hydrogens (tertiary/aromatic N) is 2. The summed E-state index contributed by atoms with van der Waals surface area (Å²) >= 11 is 0. The number of aromatic nitrogens is 3. The van der Waals surface area contributed by atoms with Crippen molar-refractivity contribution in [2.75, 3.05) is 13.2 Å². The minimum Gasteiger partial charge on any atom is -0.376 e. The summed E-state index contributed by atoms with van der Waals surface area (Å²) in [5, 5.41) is 9.33. The zero-order valence-electron chi connectivity index (χ0n) is 11.9. The quantitative estimate of drug-likeness (QED) is 0.654. The van der Waals surface area contributed by atoms with E-state index in [1.807, 2.05) is 6.92 Å². The van der Waals surface area contributed by atoms with Crippen molar-refractivity contribution in [3.05, 3.63) is 11.6 Å². The summed E-state index contributed by atoms with van der Waals surface area (Å²) in [6.45, 7) is 2.93. The highest BCUT2D eigenvalue weighted by Gasteiger charge is 2.18. The first-order chi connectivity index (χ1) is 9.69. The van der Waals surface area contributed by atoms with Gasteiger partial charge in [0.15, 0.2) is 0 Å². The number of hydrogen-bond donors (Lipinski definition) is 3. The van der Waals surface area contributed by atoms with Gasteiger partial charge in [0.2, 0.25) is 5.82 Å². The van der Waals surface area contributed by atoms with E-state index in [0.717, 1.165) is 32.1 Å². The Bertz CT molecular complexity index is 426. The maximum Gasteiger partial charge on any atom is 0.291 e. The first-order valence-electron chi connectivity index (χ1n) is 7.25. The van der Waals surface area contributed by atoms with Crippen LogP contribution in [0.3, 0.4) is 0 Å². The molecule has 1 heterocycles. The van der Waals surface area contributed by atoms with Gasteiger partial charge in [-0.1, -0.05) is 6.92 Å². The second-order valence-corrected chi connectivity index (χ2v) is 5.12. The fourth-order valence-electron chi connectivity index (χ4n) is 2.28. The third-order valence-corrected chi connectivity index (χ3v) is 3.53. The van der Waals surface area contributed by atoms with Gasteiger partial charge >= 0.3 is 0 Å². The lowest BCUT2D eigenvalue weighted by Crippen LogP contribution is -2.33. The van der Waals surface area contributed by atoms with Crippen LogP contribution < -0.4 is 11.1 Å². The molecule has 1 aliphatic carbocycles. The van der Waals surface area contributed by atoms with Crippen LogP contribution >= 0.6 is 0 Å². The van der Waals surface area contributed by atoms with Crippen LogP contribution in [0.1, 0.15) is 49.1 Å². The molecule has 0 aromatic carbocycles. The summed E-state index contributed by atoms with van der Waals surface area (Å²) in [4.78, 5) is 15.8. The predicted molar refractivity (Wildman–Crippen MR) is 74.3 cm³/mol. The Morgan fingerprint density at radius 3 is 2.85 bits per heavy atom. The molecule has 1 aromatic heterocycles. The van der Waals surface area contributed by atoms with E-state index in [9.17, 15) is 4.79 Å². The fraction of sp³-hybridized carbons (Fsp3) is 0.769. The van der Waals surface area contributed by atoms with E-state index in [1.165, 1.54) is 0 Å². The van der Waals surface area contributed by atoms with Crippen LogP contribution in [0.2, 0.25) is 0 Å². The normalized spacial score (nSPS) is 22.7. The lowest BCUT2D eigenvalue weighted by molar-refractivity contribution is 0.0267. The van der Waals surface area contributed by atoms with Gasteiger partial charge in [-0.05, 0) is 25.7 Å². The Morgan fingerprint density at radius 1 is 1.45 bits per heavy atom. The molecule has 7 heteroatoms. The van der Waals surface area contributed by atoms with E-state index in [-0.39, 0.29) is 17.8 Å². The molecule has 7 nitrogen and oxygen atoms in total. The molecule has 2 rings (SSSR count). The van der Waals surface area contributed by atoms with Gasteiger partial charge in [0.05, 0.1) is 12.7 Å². The standard InChI is InChI=1S/C13H23N5O2/c1-2-11-16-12(18-17-11)13(19)15-7-8-20-10-5-3-9(14)4-6-10/h9-10H,2-8,14H2,1H3,(H,15,19)(H,16,17,18). The molecule has 4 N–H and O–H groups in total. The molecule has 112 valence electrons. The van der Waals surface area contributed by atoms with Crippen molar-refractivity contribution in [2.24, 2.45) is 5.73 Å². The molecule has 0 saturated heterocycles. The van der Waals surface area contributed by atoms with Crippen molar-refractivity contribution >= 4 is 5.91 Å². The predicted octanol–water partition coefficient (Wildman–Crippen LogP) is 0.383. The van der Waals surface area contributed by atoms with Crippen LogP contribution in [0.15, 0.2) is 0 Å². The van der Waals surface area contributed by atoms with Crippen molar-refractivity contribution in [3.8, 4) is 0 Å². The van der Waals surface area contributed by atoms with Crippen molar-refractivity contribution in [2.45, 2.75) is 51.2 Å². The number of nitrogens with one attached hydrogen (secondary N) is 2. The average molecular weight is 281 g/mol. The summed E-state index contributed by atoms with van der Waals surface area (Å²) in [5.41, 5.74) is 5.84. The Balaban J connectivity index is 1.62. The average Bonchev–Trinajstić information content (AvgIpc) is 2.94. The molecule has 1 fully saturated rings. The van der Waals surface area contributed by atoms with Crippen LogP contribution in [-0.4, -0.2) is 46.4 Å². The Hall–Kier alpha value is -1.47. The highest BCUT2D eigenvalue weighted by Crippen LogP contribution is 2.19. The first-order valence-corrected chi connectivity index (χ1v) is 7.25. The second-order valence-electron chi connectivity index (χ2n) is 5.12. The van der Waals surface area contributed by atoms with Gasteiger partial charge in [-0.15, -0.1) is 5.10 Å². The first kappa shape index (κ1) is 14.9. The molecule has 1 aromatic rings. The van der Waals surface area contributed by atoms with E-state index in [0.29, 0.717) is 25.0 Å². The van der Waals surface area contributed by atoms with Crippen molar-refractivity contribution in [3.63, 3.8) is 0 Å². The molecular formula is C13H23N5O2. The molecule has 0 atom stereocenters. The topological polar surface area (TPSA) is 106 Å². The molecule has 1 saturated carbocycles. The lowest BCUT2D eigenvalue weighted by atomic mass is 9.94. The summed E-state index contributed by atoms with van der Waals surface area (Å²) < 4.78 is 5.73. The van der Waals surface area contributed by atoms with Gasteiger partial charge in [0, 0.05) is 19.0 Å². The number of ether oxygens (including phenoxy) is 1. The minimum absolute atomic E-state index is 0.186. The van der Waals surface area contributed by atoms with Crippen LogP contribution in [0.5, 0.6) is 0 Å². The van der Waals surface area contributed by atoms with Gasteiger partial charge < -0.3 is 15.8 Å². The number of aryl methyl sites for hydroxylation is 1. The van der Waals surface area contributed by atoms with Gasteiger partial charge in [-0.25, -0.2) is 4.98 Å². The minimum atomic E-state index is -0.268. The van der Waals surface area contributed by atoms with Crippen LogP contribution in [0.4, 0.5) is 0 Å². The second kappa shape index (κ2) is 7.35. The monoisotopic (exact) mass is 281 g/mol. The van der Waals surface area contributed by atoms with E-state index in [4.69, 9.17) is 10.5 Å². The number of rotatable bonds is 6. The van der Waals surface area contributed by atoms with E-state index >= 15 is 0 Å². The zero-order valence-corrected chi connectivity index (χ0v) is 11.9. The van der Waals surface area contributed by atoms with E-state index < -0.39 is 0 Å². The number of carbonyl (C=O) groups is 1. The number of H-pyrrole nitrogens is 1. The molecule has 0 aliphatic heterocycles. The largest absolute Gasteiger partial charge is 0.376 e. The lowest BCUT2D eigenvalue weighted by Gasteiger charge is -2.26. The maximum atomic E-state index is 11.7. The van der Waals surface area contributed by atoms with Crippen LogP contribution in [0.25, 0.3) is 0 Å². The fourth-order valence-corrected chi connectivity index (χ4v) is 2.28. The number of carbonyl (C=O) groups excluding carboxylic acids is 1. The number of nitrogens with two attached hydrogens (primary N) is 1. The maximum absolute atomic E-state index is 11.7. The third-order valence-electron chi connectivity index (χ3n) is 3.53. The molecule has 1 amide bonds. The van der Waals surface area contributed by atoms with Crippen molar-refractivity contribution in [1.82, 2.24) is 20.5 Å². The SMILES string of the molecule is CCc1nc(C(=O)NCCOC2CCC(N)CC2)n[nH]1. The van der Waals surface area contributed by atoms with E-state index in [2.05, 4.69) is 20.5 Å². The Morgan fingerprint density at radius 2 is 2.20 bits per heavy atom. The van der Waals surface area contributed by atoms with Gasteiger partial charge in [-0.3, -0.25) is 9.89 Å². The highest BCUT2D eigenvalue weighted by molar-refractivity contribution is 5.90. The van der Waals surface area contributed by atoms with E-state index in [1.54, 1.807) is 0 Å². The Labute approximate surface area is 118 Å². The van der Waals surface area contributed by atoms with Gasteiger partial charge in [0.25, 0.3) is 5.91 Å². The molecule has 0 unspecified atom stereocenters. The number of hydrogen-bond acceptors (Lipinski definition) is 5. The summed E-state index contributed by atoms with van der Waals surface area (Å²) in [6.07, 6.45) is 5.07. The Kier molecular flexibility index (Phi) is 5.49. The third kappa shape index (κ3) is 4.28.